The summed E-state index contributed by atoms with van der Waals surface area (Å²) >= 11 is 6.16. The van der Waals surface area contributed by atoms with E-state index >= 15 is 0 Å². The predicted molar refractivity (Wildman–Crippen MR) is 82.2 cm³/mol. The molecule has 1 aromatic carbocycles. The molecule has 3 rings (SSSR count). The highest BCUT2D eigenvalue weighted by Crippen LogP contribution is 2.26. The van der Waals surface area contributed by atoms with Crippen LogP contribution in [0.1, 0.15) is 12.8 Å². The number of anilines is 1. The molecular formula is C15H17ClN2O3. The van der Waals surface area contributed by atoms with Gasteiger partial charge in [-0.2, -0.15) is 0 Å². The number of hydrogen-bond acceptors (Lipinski definition) is 4. The van der Waals surface area contributed by atoms with Crippen LogP contribution in [0.25, 0.3) is 10.9 Å². The number of nitrogens with zero attached hydrogens (tertiary/aromatic N) is 1. The lowest BCUT2D eigenvalue weighted by Gasteiger charge is -2.23. The summed E-state index contributed by atoms with van der Waals surface area (Å²) in [7, 11) is 0. The Hall–Kier alpha value is -1.56. The smallest absolute Gasteiger partial charge is 0.252 e. The molecule has 0 atom stereocenters. The fourth-order valence-corrected chi connectivity index (χ4v) is 3.04. The van der Waals surface area contributed by atoms with E-state index in [9.17, 15) is 4.79 Å². The van der Waals surface area contributed by atoms with Crippen molar-refractivity contribution in [3.05, 3.63) is 39.6 Å². The molecule has 21 heavy (non-hydrogen) atoms. The number of aromatic nitrogens is 1. The van der Waals surface area contributed by atoms with Crippen molar-refractivity contribution in [1.82, 2.24) is 4.57 Å². The van der Waals surface area contributed by atoms with Gasteiger partial charge in [-0.05, 0) is 37.0 Å². The maximum absolute atomic E-state index is 12.3. The summed E-state index contributed by atoms with van der Waals surface area (Å²) in [4.78, 5) is 12.3. The number of nitrogens with one attached hydrogen (secondary N) is 1. The Balaban J connectivity index is 2.06. The zero-order valence-corrected chi connectivity index (χ0v) is 12.3. The Labute approximate surface area is 127 Å². The van der Waals surface area contributed by atoms with E-state index in [1.54, 1.807) is 22.8 Å². The van der Waals surface area contributed by atoms with Crippen LogP contribution in [0.15, 0.2) is 29.1 Å². The van der Waals surface area contributed by atoms with Gasteiger partial charge in [-0.15, -0.1) is 0 Å². The molecule has 2 aromatic rings. The summed E-state index contributed by atoms with van der Waals surface area (Å²) in [6.07, 6.45) is 1.93. The molecule has 0 amide bonds. The van der Waals surface area contributed by atoms with Crippen molar-refractivity contribution < 1.29 is 9.94 Å². The zero-order valence-electron chi connectivity index (χ0n) is 11.5. The van der Waals surface area contributed by atoms with Crippen molar-refractivity contribution in [3.63, 3.8) is 0 Å². The van der Waals surface area contributed by atoms with Crippen LogP contribution in [0.5, 0.6) is 0 Å². The number of pyridine rings is 1. The van der Waals surface area contributed by atoms with Gasteiger partial charge in [0.1, 0.15) is 0 Å². The largest absolute Gasteiger partial charge is 0.381 e. The van der Waals surface area contributed by atoms with Gasteiger partial charge in [0.2, 0.25) is 0 Å². The lowest BCUT2D eigenvalue weighted by molar-refractivity contribution is 0.0613. The molecule has 1 aromatic heterocycles. The van der Waals surface area contributed by atoms with Crippen molar-refractivity contribution in [2.24, 2.45) is 5.92 Å². The maximum Gasteiger partial charge on any atom is 0.252 e. The van der Waals surface area contributed by atoms with Crippen LogP contribution in [0, 0.1) is 5.92 Å². The van der Waals surface area contributed by atoms with Crippen molar-refractivity contribution >= 4 is 28.2 Å². The third kappa shape index (κ3) is 2.90. The zero-order chi connectivity index (χ0) is 14.8. The molecule has 1 fully saturated rings. The quantitative estimate of drug-likeness (QED) is 0.856. The summed E-state index contributed by atoms with van der Waals surface area (Å²) in [5.74, 6) is 0.441. The summed E-state index contributed by atoms with van der Waals surface area (Å²) in [6, 6.07) is 6.70. The van der Waals surface area contributed by atoms with Crippen molar-refractivity contribution in [1.29, 1.82) is 0 Å². The molecule has 0 spiro atoms. The summed E-state index contributed by atoms with van der Waals surface area (Å²) < 4.78 is 7.12. The number of rotatable bonds is 3. The van der Waals surface area contributed by atoms with Gasteiger partial charge in [0, 0.05) is 31.2 Å². The van der Waals surface area contributed by atoms with Crippen LogP contribution >= 0.6 is 11.6 Å². The van der Waals surface area contributed by atoms with Crippen LogP contribution < -0.4 is 11.0 Å². The minimum atomic E-state index is -0.0938. The molecule has 5 nitrogen and oxygen atoms in total. The molecule has 1 aliphatic heterocycles. The van der Waals surface area contributed by atoms with Crippen LogP contribution in [0.3, 0.4) is 0 Å². The first kappa shape index (κ1) is 14.4. The van der Waals surface area contributed by atoms with E-state index in [0.29, 0.717) is 23.2 Å². The van der Waals surface area contributed by atoms with Gasteiger partial charge in [0.25, 0.3) is 5.56 Å². The highest BCUT2D eigenvalue weighted by molar-refractivity contribution is 6.35. The molecule has 1 aliphatic rings. The number of fused-ring (bicyclic) bond motifs is 1. The first-order valence-electron chi connectivity index (χ1n) is 7.00. The van der Waals surface area contributed by atoms with Crippen molar-refractivity contribution in [3.8, 4) is 0 Å². The van der Waals surface area contributed by atoms with Gasteiger partial charge in [-0.1, -0.05) is 11.6 Å². The van der Waals surface area contributed by atoms with Gasteiger partial charge in [-0.3, -0.25) is 15.5 Å². The predicted octanol–water partition coefficient (Wildman–Crippen LogP) is 2.88. The number of benzene rings is 1. The molecule has 0 saturated carbocycles. The molecule has 2 heterocycles. The molecule has 6 heteroatoms. The Kier molecular flexibility index (Phi) is 4.14. The van der Waals surface area contributed by atoms with Crippen molar-refractivity contribution in [2.45, 2.75) is 19.4 Å². The summed E-state index contributed by atoms with van der Waals surface area (Å²) in [6.45, 7) is 2.18. The second kappa shape index (κ2) is 6.05. The van der Waals surface area contributed by atoms with Gasteiger partial charge >= 0.3 is 0 Å². The van der Waals surface area contributed by atoms with E-state index in [2.05, 4.69) is 5.48 Å². The first-order valence-corrected chi connectivity index (χ1v) is 7.38. The monoisotopic (exact) mass is 308 g/mol. The van der Waals surface area contributed by atoms with E-state index in [0.717, 1.165) is 37.0 Å². The number of hydrogen-bond donors (Lipinski definition) is 2. The molecule has 0 aliphatic carbocycles. The van der Waals surface area contributed by atoms with Crippen LogP contribution in [-0.4, -0.2) is 23.0 Å². The average Bonchev–Trinajstić information content (AvgIpc) is 2.52. The van der Waals surface area contributed by atoms with E-state index in [1.165, 1.54) is 6.07 Å². The van der Waals surface area contributed by atoms with E-state index < -0.39 is 0 Å². The second-order valence-corrected chi connectivity index (χ2v) is 5.75. The third-order valence-corrected chi connectivity index (χ3v) is 4.28. The van der Waals surface area contributed by atoms with Gasteiger partial charge in [-0.25, -0.2) is 0 Å². The summed E-state index contributed by atoms with van der Waals surface area (Å²) in [5.41, 5.74) is 3.34. The van der Waals surface area contributed by atoms with Crippen LogP contribution in [0.4, 0.5) is 5.69 Å². The fourth-order valence-electron chi connectivity index (χ4n) is 2.79. The first-order chi connectivity index (χ1) is 10.2. The number of ether oxygens (including phenoxy) is 1. The highest BCUT2D eigenvalue weighted by atomic mass is 35.5. The standard InChI is InChI=1S/C15H17ClN2O3/c16-13-8-15(19)18(9-10-3-5-21-6-4-10)14-2-1-11(17-20)7-12(13)14/h1-2,7-8,10,17,20H,3-6,9H2. The minimum Gasteiger partial charge on any atom is -0.381 e. The topological polar surface area (TPSA) is 63.5 Å². The van der Waals surface area contributed by atoms with Gasteiger partial charge < -0.3 is 9.30 Å². The lowest BCUT2D eigenvalue weighted by Crippen LogP contribution is -2.27. The molecule has 1 saturated heterocycles. The van der Waals surface area contributed by atoms with E-state index in [-0.39, 0.29) is 5.56 Å². The van der Waals surface area contributed by atoms with Crippen LogP contribution in [0.2, 0.25) is 5.02 Å². The maximum atomic E-state index is 12.3. The molecule has 2 N–H and O–H groups in total. The Bertz CT molecular complexity index is 708. The Morgan fingerprint density at radius 1 is 1.33 bits per heavy atom. The van der Waals surface area contributed by atoms with E-state index in [1.807, 2.05) is 0 Å². The van der Waals surface area contributed by atoms with Crippen LogP contribution in [-0.2, 0) is 11.3 Å². The molecule has 0 unspecified atom stereocenters. The van der Waals surface area contributed by atoms with Crippen molar-refractivity contribution in [2.75, 3.05) is 18.7 Å². The van der Waals surface area contributed by atoms with Gasteiger partial charge in [0.05, 0.1) is 16.2 Å². The SMILES string of the molecule is O=c1cc(Cl)c2cc(NO)ccc2n1CC1CCOCC1. The molecular weight excluding hydrogens is 292 g/mol. The normalized spacial score (nSPS) is 16.3. The average molecular weight is 309 g/mol. The molecule has 0 bridgehead atoms. The lowest BCUT2D eigenvalue weighted by atomic mass is 10.00. The fraction of sp³-hybridized carbons (Fsp3) is 0.400. The Morgan fingerprint density at radius 2 is 2.10 bits per heavy atom. The minimum absolute atomic E-state index is 0.0938. The number of halogens is 1. The summed E-state index contributed by atoms with van der Waals surface area (Å²) in [5, 5.41) is 10.1. The second-order valence-electron chi connectivity index (χ2n) is 5.34. The van der Waals surface area contributed by atoms with Gasteiger partial charge in [0.15, 0.2) is 0 Å². The third-order valence-electron chi connectivity index (χ3n) is 3.97. The molecule has 112 valence electrons. The highest BCUT2D eigenvalue weighted by Gasteiger charge is 2.17. The Morgan fingerprint density at radius 3 is 2.81 bits per heavy atom. The van der Waals surface area contributed by atoms with E-state index in [4.69, 9.17) is 21.5 Å². The molecule has 0 radical (unpaired) electrons.